The van der Waals surface area contributed by atoms with E-state index in [0.717, 1.165) is 19.1 Å². The van der Waals surface area contributed by atoms with Crippen LogP contribution in [0.15, 0.2) is 0 Å². The first-order valence-electron chi connectivity index (χ1n) is 2.46. The molecule has 0 atom stereocenters. The van der Waals surface area contributed by atoms with Crippen molar-refractivity contribution in [3.8, 4) is 0 Å². The van der Waals surface area contributed by atoms with E-state index in [1.165, 1.54) is 0 Å². The van der Waals surface area contributed by atoms with Crippen LogP contribution in [-0.2, 0) is 4.79 Å². The Morgan fingerprint density at radius 3 is 2.38 bits per heavy atom. The van der Waals surface area contributed by atoms with E-state index < -0.39 is 0 Å². The molecular weight excluding hydrogens is 128 g/mol. The molecule has 2 nitrogen and oxygen atoms in total. The number of aliphatic hydroxyl groups excluding tert-OH is 1. The second kappa shape index (κ2) is 10.0. The van der Waals surface area contributed by atoms with Gasteiger partial charge in [-0.05, 0) is 12.8 Å². The second-order valence-corrected chi connectivity index (χ2v) is 1.39. The number of aldehydes is 1. The Morgan fingerprint density at radius 2 is 2.00 bits per heavy atom. The molecule has 0 saturated heterocycles. The number of hydrogen-bond donors (Lipinski definition) is 1. The van der Waals surface area contributed by atoms with Crippen molar-refractivity contribution in [1.82, 2.24) is 0 Å². The molecular formula is C5H11ClO2. The number of unbranched alkanes of at least 4 members (excludes halogenated alkanes) is 2. The predicted molar refractivity (Wildman–Crippen MR) is 34.2 cm³/mol. The maximum Gasteiger partial charge on any atom is 0.119 e. The molecule has 3 heteroatoms. The molecule has 0 aromatic carbocycles. The first kappa shape index (κ1) is 10.8. The third-order valence-electron chi connectivity index (χ3n) is 0.730. The zero-order valence-corrected chi connectivity index (χ0v) is 5.49. The Balaban J connectivity index is 0. The fraction of sp³-hybridized carbons (Fsp3) is 0.800. The molecule has 8 heavy (non-hydrogen) atoms. The largest absolute Gasteiger partial charge is 0.396 e. The Bertz CT molecular complexity index is 47.7. The molecule has 0 radical (unpaired) electrons. The molecule has 0 fully saturated rings. The first-order valence-corrected chi connectivity index (χ1v) is 2.46. The molecule has 0 aromatic heterocycles. The maximum absolute atomic E-state index is 9.60. The lowest BCUT2D eigenvalue weighted by Gasteiger charge is -1.85. The van der Waals surface area contributed by atoms with Crippen LogP contribution in [0.3, 0.4) is 0 Å². The highest BCUT2D eigenvalue weighted by Crippen LogP contribution is 1.88. The molecule has 0 heterocycles. The molecule has 0 amide bonds. The topological polar surface area (TPSA) is 37.3 Å². The monoisotopic (exact) mass is 138 g/mol. The third-order valence-corrected chi connectivity index (χ3v) is 0.730. The van der Waals surface area contributed by atoms with E-state index in [2.05, 4.69) is 0 Å². The van der Waals surface area contributed by atoms with Crippen molar-refractivity contribution in [2.45, 2.75) is 19.3 Å². The van der Waals surface area contributed by atoms with Gasteiger partial charge in [-0.25, -0.2) is 0 Å². The van der Waals surface area contributed by atoms with Gasteiger partial charge in [-0.2, -0.15) is 0 Å². The van der Waals surface area contributed by atoms with Gasteiger partial charge in [0.05, 0.1) is 0 Å². The molecule has 0 saturated carbocycles. The lowest BCUT2D eigenvalue weighted by molar-refractivity contribution is -0.107. The van der Waals surface area contributed by atoms with E-state index in [9.17, 15) is 4.79 Å². The summed E-state index contributed by atoms with van der Waals surface area (Å²) in [5.74, 6) is 0. The van der Waals surface area contributed by atoms with E-state index in [1.807, 2.05) is 0 Å². The molecule has 0 rings (SSSR count). The minimum atomic E-state index is 0. The highest BCUT2D eigenvalue weighted by Gasteiger charge is 1.80. The van der Waals surface area contributed by atoms with Crippen LogP contribution < -0.4 is 0 Å². The Kier molecular flexibility index (Phi) is 13.6. The van der Waals surface area contributed by atoms with Gasteiger partial charge in [0.15, 0.2) is 0 Å². The van der Waals surface area contributed by atoms with Crippen LogP contribution in [0.2, 0.25) is 0 Å². The number of carbonyl (C=O) groups excluding carboxylic acids is 1. The minimum absolute atomic E-state index is 0. The Hall–Kier alpha value is -0.0800. The molecule has 0 bridgehead atoms. The summed E-state index contributed by atoms with van der Waals surface area (Å²) in [5.41, 5.74) is 0. The molecule has 50 valence electrons. The number of rotatable bonds is 4. The van der Waals surface area contributed by atoms with Crippen LogP contribution in [0.5, 0.6) is 0 Å². The first-order chi connectivity index (χ1) is 3.41. The van der Waals surface area contributed by atoms with Gasteiger partial charge in [-0.3, -0.25) is 0 Å². The summed E-state index contributed by atoms with van der Waals surface area (Å²) >= 11 is 0. The smallest absolute Gasteiger partial charge is 0.119 e. The fourth-order valence-electron chi connectivity index (χ4n) is 0.339. The van der Waals surface area contributed by atoms with Gasteiger partial charge in [0.25, 0.3) is 0 Å². The second-order valence-electron chi connectivity index (χ2n) is 1.39. The standard InChI is InChI=1S/C5H10O2.ClH/c6-4-2-1-3-5-7;/h4,7H,1-3,5H2;1H. The number of aliphatic hydroxyl groups is 1. The van der Waals surface area contributed by atoms with Gasteiger partial charge in [0.1, 0.15) is 6.29 Å². The van der Waals surface area contributed by atoms with Gasteiger partial charge >= 0.3 is 0 Å². The van der Waals surface area contributed by atoms with E-state index in [4.69, 9.17) is 5.11 Å². The van der Waals surface area contributed by atoms with Gasteiger partial charge in [0.2, 0.25) is 0 Å². The summed E-state index contributed by atoms with van der Waals surface area (Å²) in [7, 11) is 0. The number of carbonyl (C=O) groups is 1. The lowest BCUT2D eigenvalue weighted by atomic mass is 10.3. The summed E-state index contributed by atoms with van der Waals surface area (Å²) in [4.78, 5) is 9.60. The molecule has 1 N–H and O–H groups in total. The predicted octanol–water partition coefficient (Wildman–Crippen LogP) is 0.770. The average molecular weight is 139 g/mol. The van der Waals surface area contributed by atoms with Crippen molar-refractivity contribution in [3.05, 3.63) is 0 Å². The van der Waals surface area contributed by atoms with Gasteiger partial charge < -0.3 is 9.90 Å². The van der Waals surface area contributed by atoms with Crippen molar-refractivity contribution < 1.29 is 9.90 Å². The van der Waals surface area contributed by atoms with Crippen LogP contribution in [-0.4, -0.2) is 18.0 Å². The van der Waals surface area contributed by atoms with Gasteiger partial charge in [-0.15, -0.1) is 12.4 Å². The normalized spacial score (nSPS) is 7.62. The summed E-state index contributed by atoms with van der Waals surface area (Å²) in [6.07, 6.45) is 3.02. The number of hydrogen-bond acceptors (Lipinski definition) is 2. The fourth-order valence-corrected chi connectivity index (χ4v) is 0.339. The molecule has 0 aliphatic rings. The maximum atomic E-state index is 9.60. The summed E-state index contributed by atoms with van der Waals surface area (Å²) < 4.78 is 0. The van der Waals surface area contributed by atoms with Crippen molar-refractivity contribution >= 4 is 18.7 Å². The molecule has 0 unspecified atom stereocenters. The summed E-state index contributed by atoms with van der Waals surface area (Å²) in [6, 6.07) is 0. The van der Waals surface area contributed by atoms with Crippen LogP contribution in [0.25, 0.3) is 0 Å². The van der Waals surface area contributed by atoms with Crippen LogP contribution in [0, 0.1) is 0 Å². The molecule has 0 aliphatic carbocycles. The van der Waals surface area contributed by atoms with Crippen LogP contribution >= 0.6 is 12.4 Å². The number of halogens is 1. The van der Waals surface area contributed by atoms with E-state index in [0.29, 0.717) is 6.42 Å². The summed E-state index contributed by atoms with van der Waals surface area (Å²) in [5, 5.41) is 8.18. The van der Waals surface area contributed by atoms with Crippen LogP contribution in [0.1, 0.15) is 19.3 Å². The lowest BCUT2D eigenvalue weighted by Crippen LogP contribution is -1.82. The van der Waals surface area contributed by atoms with Crippen molar-refractivity contribution in [3.63, 3.8) is 0 Å². The minimum Gasteiger partial charge on any atom is -0.396 e. The van der Waals surface area contributed by atoms with E-state index in [-0.39, 0.29) is 19.0 Å². The third kappa shape index (κ3) is 9.33. The van der Waals surface area contributed by atoms with Crippen LogP contribution in [0.4, 0.5) is 0 Å². The molecule has 0 spiro atoms. The zero-order valence-electron chi connectivity index (χ0n) is 4.67. The Labute approximate surface area is 55.3 Å². The zero-order chi connectivity index (χ0) is 5.54. The highest BCUT2D eigenvalue weighted by molar-refractivity contribution is 5.85. The molecule has 0 aromatic rings. The van der Waals surface area contributed by atoms with Crippen molar-refractivity contribution in [2.24, 2.45) is 0 Å². The van der Waals surface area contributed by atoms with Gasteiger partial charge in [-0.1, -0.05) is 0 Å². The van der Waals surface area contributed by atoms with E-state index in [1.54, 1.807) is 0 Å². The van der Waals surface area contributed by atoms with E-state index >= 15 is 0 Å². The van der Waals surface area contributed by atoms with Crippen molar-refractivity contribution in [2.75, 3.05) is 6.61 Å². The highest BCUT2D eigenvalue weighted by atomic mass is 35.5. The summed E-state index contributed by atoms with van der Waals surface area (Å²) in [6.45, 7) is 0.202. The average Bonchev–Trinajstić information content (AvgIpc) is 1.69. The molecule has 0 aliphatic heterocycles. The SMILES string of the molecule is Cl.O=CCCCCO. The quantitative estimate of drug-likeness (QED) is 0.460. The van der Waals surface area contributed by atoms with Gasteiger partial charge in [0, 0.05) is 13.0 Å². The van der Waals surface area contributed by atoms with Crippen molar-refractivity contribution in [1.29, 1.82) is 0 Å². The Morgan fingerprint density at radius 1 is 1.38 bits per heavy atom.